The van der Waals surface area contributed by atoms with Crippen molar-refractivity contribution in [2.24, 2.45) is 0 Å². The zero-order chi connectivity index (χ0) is 13.0. The second-order valence-corrected chi connectivity index (χ2v) is 5.75. The van der Waals surface area contributed by atoms with E-state index in [9.17, 15) is 0 Å². The minimum absolute atomic E-state index is 0.843. The molecule has 96 valence electrons. The van der Waals surface area contributed by atoms with Gasteiger partial charge in [-0.1, -0.05) is 22.0 Å². The van der Waals surface area contributed by atoms with Crippen molar-refractivity contribution in [1.82, 2.24) is 0 Å². The molecule has 1 aromatic heterocycles. The Balaban J connectivity index is 0.000000574. The average molecular weight is 328 g/mol. The molecule has 18 heavy (non-hydrogen) atoms. The van der Waals surface area contributed by atoms with Crippen LogP contribution in [0.4, 0.5) is 5.00 Å². The van der Waals surface area contributed by atoms with E-state index in [1.54, 1.807) is 0 Å². The maximum Gasteiger partial charge on any atom is 0.106 e. The van der Waals surface area contributed by atoms with E-state index in [0.717, 1.165) is 26.3 Å². The molecule has 0 atom stereocenters. The van der Waals surface area contributed by atoms with Crippen molar-refractivity contribution in [1.29, 1.82) is 0 Å². The summed E-state index contributed by atoms with van der Waals surface area (Å²) in [5, 5.41) is 2.67. The van der Waals surface area contributed by atoms with Crippen LogP contribution in [0.2, 0.25) is 0 Å². The van der Waals surface area contributed by atoms with Gasteiger partial charge in [-0.3, -0.25) is 0 Å². The van der Waals surface area contributed by atoms with Crippen LogP contribution in [-0.4, -0.2) is 33.1 Å². The number of halogens is 1. The first kappa shape index (κ1) is 13.5. The van der Waals surface area contributed by atoms with Gasteiger partial charge in [0.2, 0.25) is 0 Å². The minimum atomic E-state index is 0.843. The van der Waals surface area contributed by atoms with Gasteiger partial charge in [-0.05, 0) is 18.2 Å². The minimum Gasteiger partial charge on any atom is -0.378 e. The van der Waals surface area contributed by atoms with Crippen LogP contribution < -0.4 is 4.90 Å². The van der Waals surface area contributed by atoms with E-state index in [1.165, 1.54) is 19.6 Å². The third-order valence-corrected chi connectivity index (χ3v) is 4.67. The van der Waals surface area contributed by atoms with Crippen molar-refractivity contribution in [3.8, 4) is 0 Å². The second-order valence-electron chi connectivity index (χ2n) is 3.84. The largest absolute Gasteiger partial charge is 0.378 e. The lowest BCUT2D eigenvalue weighted by atomic mass is 10.2. The highest BCUT2D eigenvalue weighted by molar-refractivity contribution is 9.10. The van der Waals surface area contributed by atoms with E-state index < -0.39 is 0 Å². The molecule has 0 amide bonds. The smallest absolute Gasteiger partial charge is 0.106 e. The zero-order valence-electron chi connectivity index (χ0n) is 9.89. The number of fused-ring (bicyclic) bond motifs is 1. The van der Waals surface area contributed by atoms with Crippen molar-refractivity contribution in [2.75, 3.05) is 31.2 Å². The number of anilines is 1. The molecule has 2 heterocycles. The van der Waals surface area contributed by atoms with Gasteiger partial charge in [0.15, 0.2) is 0 Å². The molecular formula is C13H14BrNO2S. The number of thiophene rings is 1. The van der Waals surface area contributed by atoms with E-state index in [2.05, 4.69) is 45.1 Å². The summed E-state index contributed by atoms with van der Waals surface area (Å²) in [6.45, 7) is 5.69. The SMILES string of the molecule is Brc1cccc2sc(N3CCOCC3)cc12.C=O. The summed E-state index contributed by atoms with van der Waals surface area (Å²) in [5.41, 5.74) is 0. The number of carbonyl (C=O) groups excluding carboxylic acids is 1. The van der Waals surface area contributed by atoms with Crippen molar-refractivity contribution >= 4 is 49.1 Å². The van der Waals surface area contributed by atoms with Crippen molar-refractivity contribution in [2.45, 2.75) is 0 Å². The highest BCUT2D eigenvalue weighted by Gasteiger charge is 2.14. The van der Waals surface area contributed by atoms with E-state index in [1.807, 2.05) is 18.1 Å². The number of morpholine rings is 1. The van der Waals surface area contributed by atoms with Crippen LogP contribution in [0.3, 0.4) is 0 Å². The number of nitrogens with zero attached hydrogens (tertiary/aromatic N) is 1. The Hall–Kier alpha value is -0.910. The molecule has 3 rings (SSSR count). The molecule has 0 unspecified atom stereocenters. The second kappa shape index (κ2) is 6.31. The van der Waals surface area contributed by atoms with Gasteiger partial charge in [0.25, 0.3) is 0 Å². The molecule has 5 heteroatoms. The molecular weight excluding hydrogens is 314 g/mol. The van der Waals surface area contributed by atoms with Crippen LogP contribution in [-0.2, 0) is 9.53 Å². The molecule has 0 bridgehead atoms. The van der Waals surface area contributed by atoms with Gasteiger partial charge in [-0.15, -0.1) is 11.3 Å². The maximum absolute atomic E-state index is 8.00. The van der Waals surface area contributed by atoms with Crippen LogP contribution in [0.15, 0.2) is 28.7 Å². The summed E-state index contributed by atoms with van der Waals surface area (Å²) in [6.07, 6.45) is 0. The van der Waals surface area contributed by atoms with Crippen LogP contribution in [0.25, 0.3) is 10.1 Å². The molecule has 1 saturated heterocycles. The predicted molar refractivity (Wildman–Crippen MR) is 79.7 cm³/mol. The lowest BCUT2D eigenvalue weighted by molar-refractivity contribution is -0.0979. The molecule has 0 saturated carbocycles. The third kappa shape index (κ3) is 2.74. The van der Waals surface area contributed by atoms with Gasteiger partial charge < -0.3 is 14.4 Å². The molecule has 1 aliphatic heterocycles. The summed E-state index contributed by atoms with van der Waals surface area (Å²) in [4.78, 5) is 10.4. The number of rotatable bonds is 1. The maximum atomic E-state index is 8.00. The van der Waals surface area contributed by atoms with Gasteiger partial charge in [0.1, 0.15) is 6.79 Å². The lowest BCUT2D eigenvalue weighted by Gasteiger charge is -2.27. The Morgan fingerprint density at radius 1 is 1.28 bits per heavy atom. The quantitative estimate of drug-likeness (QED) is 0.804. The highest BCUT2D eigenvalue weighted by atomic mass is 79.9. The predicted octanol–water partition coefficient (Wildman–Crippen LogP) is 3.32. The average Bonchev–Trinajstić information content (AvgIpc) is 2.88. The summed E-state index contributed by atoms with van der Waals surface area (Å²) >= 11 is 5.46. The number of hydrogen-bond donors (Lipinski definition) is 0. The third-order valence-electron chi connectivity index (χ3n) is 2.82. The topological polar surface area (TPSA) is 29.5 Å². The zero-order valence-corrected chi connectivity index (χ0v) is 12.3. The monoisotopic (exact) mass is 327 g/mol. The van der Waals surface area contributed by atoms with Gasteiger partial charge in [0.05, 0.1) is 18.2 Å². The molecule has 1 aromatic carbocycles. The molecule has 2 aromatic rings. The number of ether oxygens (including phenoxy) is 1. The van der Waals surface area contributed by atoms with Crippen LogP contribution in [0.5, 0.6) is 0 Å². The highest BCUT2D eigenvalue weighted by Crippen LogP contribution is 2.36. The van der Waals surface area contributed by atoms with Gasteiger partial charge in [-0.25, -0.2) is 0 Å². The first-order valence-electron chi connectivity index (χ1n) is 5.64. The summed E-state index contributed by atoms with van der Waals surface area (Å²) in [6, 6.07) is 8.63. The fourth-order valence-corrected chi connectivity index (χ4v) is 3.70. The number of benzene rings is 1. The number of hydrogen-bond acceptors (Lipinski definition) is 4. The standard InChI is InChI=1S/C12H12BrNOS.CH2O/c13-10-2-1-3-11-9(10)8-12(16-11)14-4-6-15-7-5-14;1-2/h1-3,8H,4-7H2;1H2. The van der Waals surface area contributed by atoms with Crippen LogP contribution in [0, 0.1) is 0 Å². The number of carbonyl (C=O) groups is 1. The van der Waals surface area contributed by atoms with E-state index in [4.69, 9.17) is 9.53 Å². The normalized spacial score (nSPS) is 15.3. The molecule has 1 aliphatic rings. The summed E-state index contributed by atoms with van der Waals surface area (Å²) in [5.74, 6) is 0. The van der Waals surface area contributed by atoms with Gasteiger partial charge >= 0.3 is 0 Å². The van der Waals surface area contributed by atoms with Gasteiger partial charge in [-0.2, -0.15) is 0 Å². The van der Waals surface area contributed by atoms with Crippen LogP contribution >= 0.6 is 27.3 Å². The molecule has 0 aliphatic carbocycles. The molecule has 0 spiro atoms. The summed E-state index contributed by atoms with van der Waals surface area (Å²) < 4.78 is 7.90. The van der Waals surface area contributed by atoms with Crippen LogP contribution in [0.1, 0.15) is 0 Å². The molecule has 0 N–H and O–H groups in total. The van der Waals surface area contributed by atoms with E-state index in [0.29, 0.717) is 0 Å². The summed E-state index contributed by atoms with van der Waals surface area (Å²) in [7, 11) is 0. The van der Waals surface area contributed by atoms with E-state index >= 15 is 0 Å². The fourth-order valence-electron chi connectivity index (χ4n) is 1.95. The Bertz CT molecular complexity index is 523. The van der Waals surface area contributed by atoms with E-state index in [-0.39, 0.29) is 0 Å². The Labute approximate surface area is 118 Å². The fraction of sp³-hybridized carbons (Fsp3) is 0.308. The first-order valence-corrected chi connectivity index (χ1v) is 7.25. The Morgan fingerprint density at radius 2 is 2.00 bits per heavy atom. The Morgan fingerprint density at radius 3 is 2.67 bits per heavy atom. The Kier molecular flexibility index (Phi) is 4.74. The molecule has 1 fully saturated rings. The van der Waals surface area contributed by atoms with Crippen molar-refractivity contribution < 1.29 is 9.53 Å². The lowest BCUT2D eigenvalue weighted by Crippen LogP contribution is -2.35. The molecule has 0 radical (unpaired) electrons. The first-order chi connectivity index (χ1) is 8.84. The van der Waals surface area contributed by atoms with Crippen molar-refractivity contribution in [3.63, 3.8) is 0 Å². The molecule has 3 nitrogen and oxygen atoms in total. The van der Waals surface area contributed by atoms with Gasteiger partial charge in [0, 0.05) is 27.6 Å². The van der Waals surface area contributed by atoms with Crippen molar-refractivity contribution in [3.05, 3.63) is 28.7 Å².